The van der Waals surface area contributed by atoms with Gasteiger partial charge in [-0.2, -0.15) is 8.42 Å². The molecular formula is C7H19N3O2S. The molecule has 0 spiro atoms. The van der Waals surface area contributed by atoms with Crippen LogP contribution in [-0.4, -0.2) is 34.6 Å². The molecule has 0 aliphatic heterocycles. The van der Waals surface area contributed by atoms with Crippen molar-refractivity contribution in [1.29, 1.82) is 0 Å². The number of likely N-dealkylation sites (N-methyl/N-ethyl adjacent to an activating group) is 1. The van der Waals surface area contributed by atoms with Crippen molar-refractivity contribution in [3.05, 3.63) is 0 Å². The highest BCUT2D eigenvalue weighted by Crippen LogP contribution is 1.77. The average molecular weight is 209 g/mol. The third-order valence-corrected chi connectivity index (χ3v) is 2.55. The molecule has 0 amide bonds. The van der Waals surface area contributed by atoms with Gasteiger partial charge in [0.2, 0.25) is 0 Å². The van der Waals surface area contributed by atoms with Gasteiger partial charge < -0.3 is 5.32 Å². The summed E-state index contributed by atoms with van der Waals surface area (Å²) in [4.78, 5) is 0. The van der Waals surface area contributed by atoms with E-state index in [0.29, 0.717) is 19.6 Å². The van der Waals surface area contributed by atoms with Gasteiger partial charge in [0.25, 0.3) is 10.2 Å². The normalized spacial score (nSPS) is 11.8. The van der Waals surface area contributed by atoms with Crippen LogP contribution in [0.4, 0.5) is 0 Å². The second-order valence-electron chi connectivity index (χ2n) is 2.65. The van der Waals surface area contributed by atoms with Crippen molar-refractivity contribution in [1.82, 2.24) is 14.8 Å². The van der Waals surface area contributed by atoms with Crippen LogP contribution in [0.15, 0.2) is 0 Å². The lowest BCUT2D eigenvalue weighted by molar-refractivity contribution is 0.562. The zero-order valence-corrected chi connectivity index (χ0v) is 9.08. The molecule has 0 saturated carbocycles. The van der Waals surface area contributed by atoms with Crippen LogP contribution in [0.5, 0.6) is 0 Å². The van der Waals surface area contributed by atoms with E-state index in [1.165, 1.54) is 0 Å². The van der Waals surface area contributed by atoms with Crippen molar-refractivity contribution in [3.8, 4) is 0 Å². The second kappa shape index (κ2) is 7.25. The first-order chi connectivity index (χ1) is 6.12. The first kappa shape index (κ1) is 12.8. The van der Waals surface area contributed by atoms with Gasteiger partial charge in [-0.25, -0.2) is 9.44 Å². The number of hydrogen-bond donors (Lipinski definition) is 3. The van der Waals surface area contributed by atoms with Crippen LogP contribution >= 0.6 is 0 Å². The highest BCUT2D eigenvalue weighted by Gasteiger charge is 2.05. The van der Waals surface area contributed by atoms with Crippen molar-refractivity contribution in [2.75, 3.05) is 26.2 Å². The minimum absolute atomic E-state index is 0.423. The van der Waals surface area contributed by atoms with Crippen molar-refractivity contribution in [2.24, 2.45) is 0 Å². The van der Waals surface area contributed by atoms with E-state index >= 15 is 0 Å². The van der Waals surface area contributed by atoms with Gasteiger partial charge in [0.15, 0.2) is 0 Å². The number of nitrogens with one attached hydrogen (secondary N) is 3. The van der Waals surface area contributed by atoms with Gasteiger partial charge in [-0.15, -0.1) is 0 Å². The van der Waals surface area contributed by atoms with Crippen LogP contribution in [0, 0.1) is 0 Å². The molecule has 5 nitrogen and oxygen atoms in total. The highest BCUT2D eigenvalue weighted by atomic mass is 32.2. The van der Waals surface area contributed by atoms with Crippen molar-refractivity contribution < 1.29 is 8.42 Å². The van der Waals surface area contributed by atoms with Gasteiger partial charge in [-0.3, -0.25) is 0 Å². The molecule has 0 aromatic carbocycles. The largest absolute Gasteiger partial charge is 0.316 e. The summed E-state index contributed by atoms with van der Waals surface area (Å²) in [5, 5.41) is 3.02. The monoisotopic (exact) mass is 209 g/mol. The molecule has 0 fully saturated rings. The Hall–Kier alpha value is -0.170. The number of hydrogen-bond acceptors (Lipinski definition) is 3. The van der Waals surface area contributed by atoms with Crippen LogP contribution in [0.2, 0.25) is 0 Å². The topological polar surface area (TPSA) is 70.2 Å². The molecule has 0 aromatic rings. The van der Waals surface area contributed by atoms with Crippen LogP contribution in [0.3, 0.4) is 0 Å². The minimum Gasteiger partial charge on any atom is -0.316 e. The summed E-state index contributed by atoms with van der Waals surface area (Å²) < 4.78 is 27.1. The molecular weight excluding hydrogens is 190 g/mol. The van der Waals surface area contributed by atoms with Gasteiger partial charge in [0.05, 0.1) is 0 Å². The maximum Gasteiger partial charge on any atom is 0.276 e. The fraction of sp³-hybridized carbons (Fsp3) is 1.00. The summed E-state index contributed by atoms with van der Waals surface area (Å²) in [5.41, 5.74) is 0. The van der Waals surface area contributed by atoms with E-state index < -0.39 is 10.2 Å². The highest BCUT2D eigenvalue weighted by molar-refractivity contribution is 7.87. The maximum atomic E-state index is 11.1. The molecule has 3 N–H and O–H groups in total. The fourth-order valence-corrected chi connectivity index (χ4v) is 1.68. The fourth-order valence-electron chi connectivity index (χ4n) is 0.738. The lowest BCUT2D eigenvalue weighted by atomic mass is 10.5. The molecule has 0 aromatic heterocycles. The lowest BCUT2D eigenvalue weighted by Gasteiger charge is -2.06. The Morgan fingerprint density at radius 2 is 1.62 bits per heavy atom. The average Bonchev–Trinajstić information content (AvgIpc) is 2.09. The van der Waals surface area contributed by atoms with E-state index in [9.17, 15) is 8.42 Å². The Balaban J connectivity index is 3.52. The predicted molar refractivity (Wildman–Crippen MR) is 53.8 cm³/mol. The van der Waals surface area contributed by atoms with Crippen molar-refractivity contribution in [3.63, 3.8) is 0 Å². The molecule has 0 heterocycles. The maximum absolute atomic E-state index is 11.1. The quantitative estimate of drug-likeness (QED) is 0.469. The zero-order chi connectivity index (χ0) is 10.2. The molecule has 0 atom stereocenters. The standard InChI is InChI=1S/C7H19N3O2S/c1-3-5-9-13(11,12)10-7-6-8-4-2/h8-10H,3-7H2,1-2H3. The lowest BCUT2D eigenvalue weighted by Crippen LogP contribution is -2.40. The molecule has 0 saturated heterocycles. The number of rotatable bonds is 8. The Kier molecular flexibility index (Phi) is 7.16. The molecule has 6 heteroatoms. The van der Waals surface area contributed by atoms with Crippen LogP contribution in [-0.2, 0) is 10.2 Å². The van der Waals surface area contributed by atoms with E-state index in [-0.39, 0.29) is 0 Å². The van der Waals surface area contributed by atoms with Gasteiger partial charge in [0, 0.05) is 19.6 Å². The predicted octanol–water partition coefficient (Wildman–Crippen LogP) is -0.570. The van der Waals surface area contributed by atoms with E-state index in [0.717, 1.165) is 13.0 Å². The van der Waals surface area contributed by atoms with E-state index in [1.54, 1.807) is 0 Å². The van der Waals surface area contributed by atoms with Crippen LogP contribution in [0.25, 0.3) is 0 Å². The zero-order valence-electron chi connectivity index (χ0n) is 8.26. The van der Waals surface area contributed by atoms with Crippen LogP contribution < -0.4 is 14.8 Å². The third-order valence-electron chi connectivity index (χ3n) is 1.39. The Morgan fingerprint density at radius 3 is 2.15 bits per heavy atom. The van der Waals surface area contributed by atoms with Gasteiger partial charge in [-0.1, -0.05) is 13.8 Å². The van der Waals surface area contributed by atoms with E-state index in [2.05, 4.69) is 14.8 Å². The van der Waals surface area contributed by atoms with E-state index in [4.69, 9.17) is 0 Å². The SMILES string of the molecule is CCCNS(=O)(=O)NCCNCC. The van der Waals surface area contributed by atoms with Gasteiger partial charge >= 0.3 is 0 Å². The first-order valence-electron chi connectivity index (χ1n) is 4.57. The Morgan fingerprint density at radius 1 is 1.00 bits per heavy atom. The summed E-state index contributed by atoms with van der Waals surface area (Å²) in [5.74, 6) is 0. The molecule has 13 heavy (non-hydrogen) atoms. The smallest absolute Gasteiger partial charge is 0.276 e. The van der Waals surface area contributed by atoms with Crippen molar-refractivity contribution in [2.45, 2.75) is 20.3 Å². The molecule has 0 rings (SSSR count). The summed E-state index contributed by atoms with van der Waals surface area (Å²) in [6.45, 7) is 6.31. The molecule has 80 valence electrons. The molecule has 0 aliphatic carbocycles. The Bertz CT molecular complexity index is 204. The second-order valence-corrected chi connectivity index (χ2v) is 4.23. The summed E-state index contributed by atoms with van der Waals surface area (Å²) in [6.07, 6.45) is 0.800. The Labute approximate surface area is 80.5 Å². The van der Waals surface area contributed by atoms with Crippen molar-refractivity contribution >= 4 is 10.2 Å². The summed E-state index contributed by atoms with van der Waals surface area (Å²) in [6, 6.07) is 0. The molecule has 0 unspecified atom stereocenters. The minimum atomic E-state index is -3.26. The van der Waals surface area contributed by atoms with E-state index in [1.807, 2.05) is 13.8 Å². The van der Waals surface area contributed by atoms with Crippen LogP contribution in [0.1, 0.15) is 20.3 Å². The molecule has 0 radical (unpaired) electrons. The summed E-state index contributed by atoms with van der Waals surface area (Å²) >= 11 is 0. The third kappa shape index (κ3) is 8.17. The first-order valence-corrected chi connectivity index (χ1v) is 6.05. The molecule has 0 bridgehead atoms. The van der Waals surface area contributed by atoms with Gasteiger partial charge in [-0.05, 0) is 13.0 Å². The summed E-state index contributed by atoms with van der Waals surface area (Å²) in [7, 11) is -3.26. The van der Waals surface area contributed by atoms with Gasteiger partial charge in [0.1, 0.15) is 0 Å². The molecule has 0 aliphatic rings.